The number of nitrogens with two attached hydrogens (primary N) is 1. The quantitative estimate of drug-likeness (QED) is 0.771. The van der Waals surface area contributed by atoms with Crippen molar-refractivity contribution in [3.05, 3.63) is 17.0 Å². The molecule has 0 saturated carbocycles. The van der Waals surface area contributed by atoms with Crippen LogP contribution in [0.25, 0.3) is 0 Å². The summed E-state index contributed by atoms with van der Waals surface area (Å²) in [6, 6.07) is 0. The summed E-state index contributed by atoms with van der Waals surface area (Å²) in [5.74, 6) is 0.0852. The molecule has 0 fully saturated rings. The summed E-state index contributed by atoms with van der Waals surface area (Å²) in [6.45, 7) is 6.76. The average Bonchev–Trinajstić information content (AvgIpc) is 2.57. The molecule has 2 heterocycles. The maximum absolute atomic E-state index is 11.3. The summed E-state index contributed by atoms with van der Waals surface area (Å²) in [5.41, 5.74) is 7.93. The van der Waals surface area contributed by atoms with Crippen molar-refractivity contribution in [3.8, 4) is 0 Å². The lowest BCUT2D eigenvalue weighted by molar-refractivity contribution is 0.0993. The number of hydrogen-bond donors (Lipinski definition) is 2. The molecule has 88 valence electrons. The van der Waals surface area contributed by atoms with Gasteiger partial charge in [-0.05, 0) is 5.92 Å². The average molecular weight is 222 g/mol. The van der Waals surface area contributed by atoms with E-state index in [1.165, 1.54) is 5.69 Å². The third-order valence-electron chi connectivity index (χ3n) is 2.78. The highest BCUT2D eigenvalue weighted by Gasteiger charge is 2.23. The molecule has 3 N–H and O–H groups in total. The minimum Gasteiger partial charge on any atom is -0.364 e. The predicted octanol–water partition coefficient (Wildman–Crippen LogP) is 0.284. The monoisotopic (exact) mass is 222 g/mol. The van der Waals surface area contributed by atoms with Crippen molar-refractivity contribution in [3.63, 3.8) is 0 Å². The molecule has 0 bridgehead atoms. The fourth-order valence-electron chi connectivity index (χ4n) is 2.11. The van der Waals surface area contributed by atoms with Gasteiger partial charge in [0.1, 0.15) is 0 Å². The van der Waals surface area contributed by atoms with Crippen LogP contribution in [-0.2, 0) is 19.5 Å². The molecule has 5 heteroatoms. The van der Waals surface area contributed by atoms with Gasteiger partial charge >= 0.3 is 0 Å². The van der Waals surface area contributed by atoms with E-state index < -0.39 is 5.91 Å². The Kier molecular flexibility index (Phi) is 2.96. The van der Waals surface area contributed by atoms with E-state index >= 15 is 0 Å². The van der Waals surface area contributed by atoms with E-state index in [4.69, 9.17) is 5.73 Å². The highest BCUT2D eigenvalue weighted by molar-refractivity contribution is 5.92. The minimum absolute atomic E-state index is 0.428. The van der Waals surface area contributed by atoms with Gasteiger partial charge in [0, 0.05) is 37.3 Å². The molecular formula is C11H18N4O. The van der Waals surface area contributed by atoms with Gasteiger partial charge in [0.15, 0.2) is 5.69 Å². The summed E-state index contributed by atoms with van der Waals surface area (Å²) in [5, 5.41) is 7.58. The van der Waals surface area contributed by atoms with E-state index in [9.17, 15) is 4.79 Å². The summed E-state index contributed by atoms with van der Waals surface area (Å²) in [4.78, 5) is 11.3. The van der Waals surface area contributed by atoms with Crippen LogP contribution in [0.1, 0.15) is 35.6 Å². The Labute approximate surface area is 95.0 Å². The van der Waals surface area contributed by atoms with Gasteiger partial charge in [-0.2, -0.15) is 5.10 Å². The number of nitrogens with one attached hydrogen (secondary N) is 1. The molecule has 2 rings (SSSR count). The third kappa shape index (κ3) is 1.95. The first-order valence-corrected chi connectivity index (χ1v) is 5.68. The van der Waals surface area contributed by atoms with Gasteiger partial charge in [-0.25, -0.2) is 0 Å². The first-order chi connectivity index (χ1) is 7.59. The van der Waals surface area contributed by atoms with Crippen LogP contribution in [-0.4, -0.2) is 22.2 Å². The maximum atomic E-state index is 11.3. The van der Waals surface area contributed by atoms with Crippen molar-refractivity contribution in [1.82, 2.24) is 15.1 Å². The Bertz CT molecular complexity index is 408. The molecule has 16 heavy (non-hydrogen) atoms. The van der Waals surface area contributed by atoms with E-state index in [2.05, 4.69) is 24.3 Å². The van der Waals surface area contributed by atoms with Gasteiger partial charge in [-0.1, -0.05) is 13.8 Å². The summed E-state index contributed by atoms with van der Waals surface area (Å²) < 4.78 is 1.95. The number of carbonyl (C=O) groups is 1. The van der Waals surface area contributed by atoms with Crippen LogP contribution < -0.4 is 11.1 Å². The van der Waals surface area contributed by atoms with Gasteiger partial charge in [-0.15, -0.1) is 0 Å². The third-order valence-corrected chi connectivity index (χ3v) is 2.78. The fraction of sp³-hybridized carbons (Fsp3) is 0.636. The zero-order valence-electron chi connectivity index (χ0n) is 9.79. The van der Waals surface area contributed by atoms with Crippen LogP contribution >= 0.6 is 0 Å². The molecule has 1 aliphatic heterocycles. The van der Waals surface area contributed by atoms with E-state index in [1.54, 1.807) is 0 Å². The molecule has 0 aromatic carbocycles. The van der Waals surface area contributed by atoms with Crippen LogP contribution in [0.5, 0.6) is 0 Å². The molecule has 0 atom stereocenters. The lowest BCUT2D eigenvalue weighted by atomic mass is 10.1. The second kappa shape index (κ2) is 4.25. The maximum Gasteiger partial charge on any atom is 0.269 e. The van der Waals surface area contributed by atoms with Gasteiger partial charge in [0.25, 0.3) is 5.91 Å². The van der Waals surface area contributed by atoms with Crippen molar-refractivity contribution >= 4 is 5.91 Å². The molecule has 1 amide bonds. The zero-order valence-corrected chi connectivity index (χ0v) is 9.79. The first kappa shape index (κ1) is 11.1. The summed E-state index contributed by atoms with van der Waals surface area (Å²) in [7, 11) is 0. The van der Waals surface area contributed by atoms with E-state index in [1.807, 2.05) is 4.68 Å². The zero-order chi connectivity index (χ0) is 11.7. The molecule has 1 aromatic rings. The number of aromatic nitrogens is 2. The molecular weight excluding hydrogens is 204 g/mol. The van der Waals surface area contributed by atoms with Crippen LogP contribution in [0.3, 0.4) is 0 Å². The number of rotatable bonds is 3. The van der Waals surface area contributed by atoms with Crippen molar-refractivity contribution < 1.29 is 4.79 Å². The van der Waals surface area contributed by atoms with Crippen molar-refractivity contribution in [2.24, 2.45) is 11.7 Å². The molecule has 5 nitrogen and oxygen atoms in total. The molecule has 0 aliphatic carbocycles. The molecule has 0 radical (unpaired) electrons. The minimum atomic E-state index is -0.428. The smallest absolute Gasteiger partial charge is 0.269 e. The first-order valence-electron chi connectivity index (χ1n) is 5.68. The highest BCUT2D eigenvalue weighted by Crippen LogP contribution is 2.19. The predicted molar refractivity (Wildman–Crippen MR) is 61.0 cm³/mol. The summed E-state index contributed by atoms with van der Waals surface area (Å²) >= 11 is 0. The second-order valence-corrected chi connectivity index (χ2v) is 4.64. The molecule has 0 spiro atoms. The van der Waals surface area contributed by atoms with Gasteiger partial charge in [0.2, 0.25) is 0 Å². The molecule has 1 aromatic heterocycles. The number of carbonyl (C=O) groups excluding carboxylic acids is 1. The lowest BCUT2D eigenvalue weighted by Crippen LogP contribution is -2.26. The Hall–Kier alpha value is -1.36. The van der Waals surface area contributed by atoms with Crippen molar-refractivity contribution in [2.75, 3.05) is 6.54 Å². The second-order valence-electron chi connectivity index (χ2n) is 4.64. The van der Waals surface area contributed by atoms with E-state index in [-0.39, 0.29) is 0 Å². The van der Waals surface area contributed by atoms with E-state index in [0.717, 1.165) is 25.1 Å². The summed E-state index contributed by atoms with van der Waals surface area (Å²) in [6.07, 6.45) is 0.919. The number of nitrogens with zero attached hydrogens (tertiary/aromatic N) is 2. The Morgan fingerprint density at radius 2 is 2.38 bits per heavy atom. The Balaban J connectivity index is 2.42. The Morgan fingerprint density at radius 3 is 3.00 bits per heavy atom. The van der Waals surface area contributed by atoms with Crippen LogP contribution in [0.15, 0.2) is 0 Å². The lowest BCUT2D eigenvalue weighted by Gasteiger charge is -2.16. The standard InChI is InChI=1S/C11H18N4O/c1-7(2)6-15-9-3-4-13-5-8(9)10(14-15)11(12)16/h7,13H,3-6H2,1-2H3,(H2,12,16). The molecule has 0 unspecified atom stereocenters. The van der Waals surface area contributed by atoms with Gasteiger partial charge in [0.05, 0.1) is 0 Å². The Morgan fingerprint density at radius 1 is 1.62 bits per heavy atom. The number of fused-ring (bicyclic) bond motifs is 1. The largest absolute Gasteiger partial charge is 0.364 e. The molecule has 1 aliphatic rings. The normalized spacial score (nSPS) is 15.2. The SMILES string of the molecule is CC(C)Cn1nc(C(N)=O)c2c1CCNC2. The van der Waals surface area contributed by atoms with E-state index in [0.29, 0.717) is 18.2 Å². The molecule has 0 saturated heterocycles. The van der Waals surface area contributed by atoms with Crippen LogP contribution in [0.2, 0.25) is 0 Å². The van der Waals surface area contributed by atoms with Gasteiger partial charge in [-0.3, -0.25) is 9.48 Å². The van der Waals surface area contributed by atoms with Crippen molar-refractivity contribution in [1.29, 1.82) is 0 Å². The van der Waals surface area contributed by atoms with Gasteiger partial charge < -0.3 is 11.1 Å². The number of hydrogen-bond acceptors (Lipinski definition) is 3. The van der Waals surface area contributed by atoms with Crippen LogP contribution in [0.4, 0.5) is 0 Å². The van der Waals surface area contributed by atoms with Crippen molar-refractivity contribution in [2.45, 2.75) is 33.4 Å². The number of amides is 1. The van der Waals surface area contributed by atoms with Crippen LogP contribution in [0, 0.1) is 5.92 Å². The highest BCUT2D eigenvalue weighted by atomic mass is 16.1. The topological polar surface area (TPSA) is 72.9 Å². The number of primary amides is 1. The fourth-order valence-corrected chi connectivity index (χ4v) is 2.11.